The Balaban J connectivity index is 3.73. The molecule has 0 aromatic heterocycles. The second kappa shape index (κ2) is 8.53. The molecule has 0 amide bonds. The van der Waals surface area contributed by atoms with Crippen LogP contribution in [0, 0.1) is 11.8 Å². The van der Waals surface area contributed by atoms with E-state index in [1.54, 1.807) is 0 Å². The van der Waals surface area contributed by atoms with E-state index >= 15 is 0 Å². The van der Waals surface area contributed by atoms with Crippen molar-refractivity contribution in [3.63, 3.8) is 0 Å². The summed E-state index contributed by atoms with van der Waals surface area (Å²) in [5.41, 5.74) is 0. The van der Waals surface area contributed by atoms with E-state index < -0.39 is 12.0 Å². The van der Waals surface area contributed by atoms with E-state index in [0.29, 0.717) is 19.1 Å². The van der Waals surface area contributed by atoms with Crippen LogP contribution in [0.15, 0.2) is 0 Å². The quantitative estimate of drug-likeness (QED) is 0.594. The molecule has 16 heavy (non-hydrogen) atoms. The van der Waals surface area contributed by atoms with Gasteiger partial charge in [0.2, 0.25) is 0 Å². The zero-order chi connectivity index (χ0) is 12.6. The van der Waals surface area contributed by atoms with Gasteiger partial charge < -0.3 is 15.2 Å². The van der Waals surface area contributed by atoms with Crippen molar-refractivity contribution < 1.29 is 14.6 Å². The van der Waals surface area contributed by atoms with Gasteiger partial charge >= 0.3 is 5.97 Å². The average molecular weight is 231 g/mol. The molecule has 0 aromatic carbocycles. The van der Waals surface area contributed by atoms with Crippen molar-refractivity contribution >= 4 is 5.97 Å². The van der Waals surface area contributed by atoms with E-state index in [-0.39, 0.29) is 5.92 Å². The SMILES string of the molecule is CC[C@H](C)[C@H](NCCOCC(C)C)C(=O)O. The standard InChI is InChI=1S/C12H25NO3/c1-5-10(4)11(12(14)15)13-6-7-16-8-9(2)3/h9-11,13H,5-8H2,1-4H3,(H,14,15)/t10-,11-/m0/s1. The topological polar surface area (TPSA) is 58.6 Å². The van der Waals surface area contributed by atoms with Crippen LogP contribution in [0.2, 0.25) is 0 Å². The highest BCUT2D eigenvalue weighted by Gasteiger charge is 2.22. The molecule has 0 heterocycles. The summed E-state index contributed by atoms with van der Waals surface area (Å²) in [5, 5.41) is 12.0. The van der Waals surface area contributed by atoms with Gasteiger partial charge in [0.05, 0.1) is 6.61 Å². The Labute approximate surface area is 98.4 Å². The highest BCUT2D eigenvalue weighted by molar-refractivity contribution is 5.73. The highest BCUT2D eigenvalue weighted by atomic mass is 16.5. The third-order valence-electron chi connectivity index (χ3n) is 2.54. The molecule has 4 nitrogen and oxygen atoms in total. The van der Waals surface area contributed by atoms with Gasteiger partial charge in [0, 0.05) is 13.2 Å². The Kier molecular flexibility index (Phi) is 8.21. The van der Waals surface area contributed by atoms with Gasteiger partial charge in [-0.25, -0.2) is 0 Å². The minimum atomic E-state index is -0.779. The zero-order valence-electron chi connectivity index (χ0n) is 10.8. The molecular formula is C12H25NO3. The zero-order valence-corrected chi connectivity index (χ0v) is 10.8. The molecular weight excluding hydrogens is 206 g/mol. The van der Waals surface area contributed by atoms with Crippen molar-refractivity contribution in [2.24, 2.45) is 11.8 Å². The molecule has 2 atom stereocenters. The molecule has 0 aromatic rings. The summed E-state index contributed by atoms with van der Waals surface area (Å²) in [6.07, 6.45) is 0.858. The van der Waals surface area contributed by atoms with Crippen LogP contribution < -0.4 is 5.32 Å². The van der Waals surface area contributed by atoms with E-state index in [0.717, 1.165) is 13.0 Å². The molecule has 0 aliphatic heterocycles. The van der Waals surface area contributed by atoms with Crippen LogP contribution in [0.4, 0.5) is 0 Å². The fourth-order valence-electron chi connectivity index (χ4n) is 1.37. The first-order valence-electron chi connectivity index (χ1n) is 6.02. The largest absolute Gasteiger partial charge is 0.480 e. The highest BCUT2D eigenvalue weighted by Crippen LogP contribution is 2.07. The fraction of sp³-hybridized carbons (Fsp3) is 0.917. The summed E-state index contributed by atoms with van der Waals surface area (Å²) >= 11 is 0. The molecule has 0 aliphatic rings. The Bertz CT molecular complexity index is 195. The molecule has 0 bridgehead atoms. The third kappa shape index (κ3) is 6.80. The van der Waals surface area contributed by atoms with Crippen molar-refractivity contribution in [3.05, 3.63) is 0 Å². The molecule has 0 radical (unpaired) electrons. The lowest BCUT2D eigenvalue weighted by Crippen LogP contribution is -2.43. The number of carbonyl (C=O) groups is 1. The first-order valence-corrected chi connectivity index (χ1v) is 6.02. The second-order valence-corrected chi connectivity index (χ2v) is 4.62. The molecule has 0 aliphatic carbocycles. The predicted molar refractivity (Wildman–Crippen MR) is 64.5 cm³/mol. The lowest BCUT2D eigenvalue weighted by molar-refractivity contribution is -0.140. The summed E-state index contributed by atoms with van der Waals surface area (Å²) in [7, 11) is 0. The van der Waals surface area contributed by atoms with Gasteiger partial charge in [0.1, 0.15) is 6.04 Å². The van der Waals surface area contributed by atoms with Crippen LogP contribution in [0.1, 0.15) is 34.1 Å². The molecule has 0 saturated heterocycles. The Morgan fingerprint density at radius 3 is 2.44 bits per heavy atom. The van der Waals surface area contributed by atoms with Crippen LogP contribution in [-0.2, 0) is 9.53 Å². The summed E-state index contributed by atoms with van der Waals surface area (Å²) in [5.74, 6) is -0.120. The van der Waals surface area contributed by atoms with Gasteiger partial charge in [0.25, 0.3) is 0 Å². The van der Waals surface area contributed by atoms with Gasteiger partial charge in [-0.3, -0.25) is 4.79 Å². The number of hydrogen-bond donors (Lipinski definition) is 2. The van der Waals surface area contributed by atoms with Crippen LogP contribution >= 0.6 is 0 Å². The van der Waals surface area contributed by atoms with Gasteiger partial charge in [-0.15, -0.1) is 0 Å². The third-order valence-corrected chi connectivity index (χ3v) is 2.54. The molecule has 0 saturated carbocycles. The van der Waals surface area contributed by atoms with E-state index in [9.17, 15) is 4.79 Å². The van der Waals surface area contributed by atoms with E-state index in [1.807, 2.05) is 13.8 Å². The molecule has 0 rings (SSSR count). The van der Waals surface area contributed by atoms with Crippen molar-refractivity contribution in [1.82, 2.24) is 5.32 Å². The predicted octanol–water partition coefficient (Wildman–Crippen LogP) is 1.75. The smallest absolute Gasteiger partial charge is 0.320 e. The maximum absolute atomic E-state index is 11.0. The van der Waals surface area contributed by atoms with Gasteiger partial charge in [-0.05, 0) is 11.8 Å². The monoisotopic (exact) mass is 231 g/mol. The number of nitrogens with one attached hydrogen (secondary N) is 1. The van der Waals surface area contributed by atoms with Crippen molar-refractivity contribution in [1.29, 1.82) is 0 Å². The van der Waals surface area contributed by atoms with Gasteiger partial charge in [-0.2, -0.15) is 0 Å². The Morgan fingerprint density at radius 2 is 2.00 bits per heavy atom. The van der Waals surface area contributed by atoms with Crippen LogP contribution in [0.3, 0.4) is 0 Å². The first kappa shape index (κ1) is 15.4. The molecule has 4 heteroatoms. The molecule has 0 spiro atoms. The number of carboxylic acids is 1. The Morgan fingerprint density at radius 1 is 1.38 bits per heavy atom. The number of hydrogen-bond acceptors (Lipinski definition) is 3. The minimum Gasteiger partial charge on any atom is -0.480 e. The number of rotatable bonds is 9. The van der Waals surface area contributed by atoms with Gasteiger partial charge in [0.15, 0.2) is 0 Å². The summed E-state index contributed by atoms with van der Waals surface area (Å²) < 4.78 is 5.38. The minimum absolute atomic E-state index is 0.141. The normalized spacial score (nSPS) is 15.1. The van der Waals surface area contributed by atoms with Gasteiger partial charge in [-0.1, -0.05) is 34.1 Å². The molecule has 0 unspecified atom stereocenters. The molecule has 0 fully saturated rings. The molecule has 2 N–H and O–H groups in total. The molecule has 96 valence electrons. The summed E-state index contributed by atoms with van der Waals surface area (Å²) in [6.45, 7) is 10.0. The Hall–Kier alpha value is -0.610. The second-order valence-electron chi connectivity index (χ2n) is 4.62. The lowest BCUT2D eigenvalue weighted by atomic mass is 9.99. The van der Waals surface area contributed by atoms with Crippen LogP contribution in [0.5, 0.6) is 0 Å². The maximum Gasteiger partial charge on any atom is 0.320 e. The maximum atomic E-state index is 11.0. The number of carboxylic acid groups (broad SMARTS) is 1. The van der Waals surface area contributed by atoms with Crippen molar-refractivity contribution in [2.45, 2.75) is 40.2 Å². The first-order chi connectivity index (χ1) is 7.49. The average Bonchev–Trinajstić information content (AvgIpc) is 2.21. The number of aliphatic carboxylic acids is 1. The summed E-state index contributed by atoms with van der Waals surface area (Å²) in [4.78, 5) is 11.0. The summed E-state index contributed by atoms with van der Waals surface area (Å²) in [6, 6.07) is -0.465. The van der Waals surface area contributed by atoms with E-state index in [1.165, 1.54) is 0 Å². The van der Waals surface area contributed by atoms with E-state index in [4.69, 9.17) is 9.84 Å². The fourth-order valence-corrected chi connectivity index (χ4v) is 1.37. The lowest BCUT2D eigenvalue weighted by Gasteiger charge is -2.20. The van der Waals surface area contributed by atoms with Crippen LogP contribution in [0.25, 0.3) is 0 Å². The van der Waals surface area contributed by atoms with Crippen molar-refractivity contribution in [3.8, 4) is 0 Å². The van der Waals surface area contributed by atoms with Crippen molar-refractivity contribution in [2.75, 3.05) is 19.8 Å². The van der Waals surface area contributed by atoms with Crippen LogP contribution in [-0.4, -0.2) is 36.9 Å². The van der Waals surface area contributed by atoms with E-state index in [2.05, 4.69) is 19.2 Å². The number of ether oxygens (including phenoxy) is 1.